The van der Waals surface area contributed by atoms with E-state index >= 15 is 0 Å². The second kappa shape index (κ2) is 7.18. The highest BCUT2D eigenvalue weighted by molar-refractivity contribution is 5.67. The third kappa shape index (κ3) is 5.37. The third-order valence-corrected chi connectivity index (χ3v) is 3.43. The smallest absolute Gasteiger partial charge is 0.407 e. The molecule has 22 heavy (non-hydrogen) atoms. The summed E-state index contributed by atoms with van der Waals surface area (Å²) in [6, 6.07) is 1.87. The van der Waals surface area contributed by atoms with Crippen LogP contribution in [0.3, 0.4) is 0 Å². The molecule has 1 heterocycles. The zero-order chi connectivity index (χ0) is 17.1. The molecule has 1 amide bonds. The van der Waals surface area contributed by atoms with E-state index in [-0.39, 0.29) is 6.04 Å². The van der Waals surface area contributed by atoms with Gasteiger partial charge >= 0.3 is 6.09 Å². The summed E-state index contributed by atoms with van der Waals surface area (Å²) in [6.45, 7) is 15.4. The van der Waals surface area contributed by atoms with Gasteiger partial charge in [-0.1, -0.05) is 13.8 Å². The Balaban J connectivity index is 2.70. The van der Waals surface area contributed by atoms with Crippen LogP contribution >= 0.6 is 0 Å². The first-order valence-corrected chi connectivity index (χ1v) is 7.90. The second-order valence-electron chi connectivity index (χ2n) is 7.32. The van der Waals surface area contributed by atoms with Crippen LogP contribution in [0.5, 0.6) is 0 Å². The number of ether oxygens (including phenoxy) is 1. The minimum Gasteiger partial charge on any atom is -0.444 e. The van der Waals surface area contributed by atoms with Gasteiger partial charge in [-0.2, -0.15) is 0 Å². The molecular formula is C17H31N3O2. The predicted octanol–water partition coefficient (Wildman–Crippen LogP) is 3.29. The van der Waals surface area contributed by atoms with Crippen LogP contribution in [-0.2, 0) is 11.3 Å². The quantitative estimate of drug-likeness (QED) is 0.877. The standard InChI is InChI=1S/C17H31N3O2/c1-11(2)10-20-12(3)8-14(13(20)4)15(18)9-19-16(21)22-17(5,6)7/h8,11,15H,9-10,18H2,1-7H3,(H,19,21). The molecule has 0 bridgehead atoms. The molecule has 3 N–H and O–H groups in total. The fraction of sp³-hybridized carbons (Fsp3) is 0.706. The van der Waals surface area contributed by atoms with E-state index < -0.39 is 11.7 Å². The topological polar surface area (TPSA) is 69.3 Å². The van der Waals surface area contributed by atoms with Crippen molar-refractivity contribution < 1.29 is 9.53 Å². The van der Waals surface area contributed by atoms with Crippen molar-refractivity contribution in [1.82, 2.24) is 9.88 Å². The van der Waals surface area contributed by atoms with Gasteiger partial charge in [0.05, 0.1) is 0 Å². The van der Waals surface area contributed by atoms with Crippen molar-refractivity contribution in [3.8, 4) is 0 Å². The van der Waals surface area contributed by atoms with Crippen molar-refractivity contribution in [2.24, 2.45) is 11.7 Å². The average Bonchev–Trinajstić information content (AvgIpc) is 2.61. The van der Waals surface area contributed by atoms with E-state index in [1.54, 1.807) is 0 Å². The van der Waals surface area contributed by atoms with Crippen LogP contribution in [0.4, 0.5) is 4.79 Å². The molecule has 0 saturated heterocycles. The van der Waals surface area contributed by atoms with Crippen LogP contribution in [0.15, 0.2) is 6.07 Å². The molecule has 0 aliphatic heterocycles. The maximum atomic E-state index is 11.7. The number of alkyl carbamates (subject to hydrolysis) is 1. The Labute approximate surface area is 134 Å². The van der Waals surface area contributed by atoms with Gasteiger partial charge in [-0.3, -0.25) is 0 Å². The molecule has 0 aliphatic carbocycles. The van der Waals surface area contributed by atoms with Gasteiger partial charge in [0, 0.05) is 30.5 Å². The molecule has 1 rings (SSSR count). The van der Waals surface area contributed by atoms with Crippen molar-refractivity contribution in [2.75, 3.05) is 6.54 Å². The Morgan fingerprint density at radius 2 is 1.95 bits per heavy atom. The minimum atomic E-state index is -0.499. The first-order chi connectivity index (χ1) is 10.0. The van der Waals surface area contributed by atoms with Crippen molar-refractivity contribution in [1.29, 1.82) is 0 Å². The van der Waals surface area contributed by atoms with Crippen LogP contribution in [-0.4, -0.2) is 22.8 Å². The summed E-state index contributed by atoms with van der Waals surface area (Å²) in [5.74, 6) is 0.578. The summed E-state index contributed by atoms with van der Waals surface area (Å²) in [5, 5.41) is 2.74. The van der Waals surface area contributed by atoms with Gasteiger partial charge in [-0.15, -0.1) is 0 Å². The number of carbonyl (C=O) groups excluding carboxylic acids is 1. The Kier molecular flexibility index (Phi) is 6.06. The molecule has 1 aromatic rings. The number of carbonyl (C=O) groups is 1. The zero-order valence-electron chi connectivity index (χ0n) is 15.0. The number of hydrogen-bond acceptors (Lipinski definition) is 3. The number of amides is 1. The molecule has 0 spiro atoms. The Morgan fingerprint density at radius 1 is 1.36 bits per heavy atom. The Bertz CT molecular complexity index is 513. The lowest BCUT2D eigenvalue weighted by molar-refractivity contribution is 0.0524. The molecule has 0 saturated carbocycles. The average molecular weight is 309 g/mol. The summed E-state index contributed by atoms with van der Waals surface area (Å²) >= 11 is 0. The highest BCUT2D eigenvalue weighted by atomic mass is 16.6. The first-order valence-electron chi connectivity index (χ1n) is 7.90. The van der Waals surface area contributed by atoms with E-state index in [0.29, 0.717) is 12.5 Å². The van der Waals surface area contributed by atoms with Gasteiger partial charge < -0.3 is 20.4 Å². The monoisotopic (exact) mass is 309 g/mol. The minimum absolute atomic E-state index is 0.236. The van der Waals surface area contributed by atoms with Crippen LogP contribution in [0.2, 0.25) is 0 Å². The molecule has 0 aliphatic rings. The molecule has 0 fully saturated rings. The Hall–Kier alpha value is -1.49. The van der Waals surface area contributed by atoms with E-state index in [9.17, 15) is 4.79 Å². The second-order valence-corrected chi connectivity index (χ2v) is 7.32. The highest BCUT2D eigenvalue weighted by Crippen LogP contribution is 2.21. The van der Waals surface area contributed by atoms with Gasteiger partial charge in [0.2, 0.25) is 0 Å². The van der Waals surface area contributed by atoms with E-state index in [1.807, 2.05) is 20.8 Å². The summed E-state index contributed by atoms with van der Waals surface area (Å²) in [6.07, 6.45) is -0.432. The zero-order valence-corrected chi connectivity index (χ0v) is 15.0. The SMILES string of the molecule is Cc1cc(C(N)CNC(=O)OC(C)(C)C)c(C)n1CC(C)C. The first kappa shape index (κ1) is 18.6. The normalized spacial score (nSPS) is 13.3. The lowest BCUT2D eigenvalue weighted by Crippen LogP contribution is -2.36. The molecule has 5 heteroatoms. The van der Waals surface area contributed by atoms with Crippen molar-refractivity contribution in [3.63, 3.8) is 0 Å². The van der Waals surface area contributed by atoms with E-state index in [1.165, 1.54) is 11.4 Å². The molecule has 0 aromatic carbocycles. The summed E-state index contributed by atoms with van der Waals surface area (Å²) < 4.78 is 7.51. The van der Waals surface area contributed by atoms with Crippen LogP contribution < -0.4 is 11.1 Å². The lowest BCUT2D eigenvalue weighted by Gasteiger charge is -2.21. The third-order valence-electron chi connectivity index (χ3n) is 3.43. The summed E-state index contributed by atoms with van der Waals surface area (Å²) in [5.41, 5.74) is 9.19. The van der Waals surface area contributed by atoms with Gasteiger partial charge in [0.1, 0.15) is 5.60 Å². The summed E-state index contributed by atoms with van der Waals surface area (Å²) in [4.78, 5) is 11.7. The van der Waals surface area contributed by atoms with Crippen molar-refractivity contribution in [3.05, 3.63) is 23.0 Å². The van der Waals surface area contributed by atoms with Gasteiger partial charge in [-0.05, 0) is 52.2 Å². The number of nitrogens with zero attached hydrogens (tertiary/aromatic N) is 1. The number of nitrogens with one attached hydrogen (secondary N) is 1. The summed E-state index contributed by atoms with van der Waals surface area (Å²) in [7, 11) is 0. The number of nitrogens with two attached hydrogens (primary N) is 1. The molecule has 1 atom stereocenters. The number of rotatable bonds is 5. The largest absolute Gasteiger partial charge is 0.444 e. The molecule has 0 radical (unpaired) electrons. The molecule has 1 unspecified atom stereocenters. The lowest BCUT2D eigenvalue weighted by atomic mass is 10.1. The number of aryl methyl sites for hydroxylation is 1. The highest BCUT2D eigenvalue weighted by Gasteiger charge is 2.19. The van der Waals surface area contributed by atoms with E-state index in [4.69, 9.17) is 10.5 Å². The maximum absolute atomic E-state index is 11.7. The van der Waals surface area contributed by atoms with Gasteiger partial charge in [0.15, 0.2) is 0 Å². The predicted molar refractivity (Wildman–Crippen MR) is 89.9 cm³/mol. The van der Waals surface area contributed by atoms with Gasteiger partial charge in [-0.25, -0.2) is 4.79 Å². The van der Waals surface area contributed by atoms with Gasteiger partial charge in [0.25, 0.3) is 0 Å². The maximum Gasteiger partial charge on any atom is 0.407 e. The fourth-order valence-electron chi connectivity index (χ4n) is 2.47. The number of aromatic nitrogens is 1. The van der Waals surface area contributed by atoms with Crippen molar-refractivity contribution in [2.45, 2.75) is 66.7 Å². The van der Waals surface area contributed by atoms with Crippen LogP contribution in [0.25, 0.3) is 0 Å². The Morgan fingerprint density at radius 3 is 2.45 bits per heavy atom. The van der Waals surface area contributed by atoms with Crippen LogP contribution in [0.1, 0.15) is 57.6 Å². The molecule has 1 aromatic heterocycles. The van der Waals surface area contributed by atoms with Crippen LogP contribution in [0, 0.1) is 19.8 Å². The number of hydrogen-bond donors (Lipinski definition) is 2. The molecule has 5 nitrogen and oxygen atoms in total. The van der Waals surface area contributed by atoms with E-state index in [2.05, 4.69) is 43.6 Å². The molecule has 126 valence electrons. The fourth-order valence-corrected chi connectivity index (χ4v) is 2.47. The van der Waals surface area contributed by atoms with E-state index in [0.717, 1.165) is 12.1 Å². The molecular weight excluding hydrogens is 278 g/mol. The van der Waals surface area contributed by atoms with Crippen molar-refractivity contribution >= 4 is 6.09 Å².